The molecule has 126 valence electrons. The van der Waals surface area contributed by atoms with Gasteiger partial charge in [-0.05, 0) is 6.42 Å². The van der Waals surface area contributed by atoms with Gasteiger partial charge in [0.1, 0.15) is 0 Å². The van der Waals surface area contributed by atoms with Gasteiger partial charge in [-0.1, -0.05) is 51.9 Å². The third kappa shape index (κ3) is 17.1. The Morgan fingerprint density at radius 1 is 0.857 bits per heavy atom. The fourth-order valence-electron chi connectivity index (χ4n) is 2.18. The van der Waals surface area contributed by atoms with E-state index >= 15 is 0 Å². The number of nitrogens with zero attached hydrogens (tertiary/aromatic N) is 2. The average molecular weight is 311 g/mol. The molecule has 1 rings (SSSR count). The minimum atomic E-state index is -6.00. The fourth-order valence-corrected chi connectivity index (χ4v) is 2.18. The zero-order chi connectivity index (χ0) is 16.1. The second-order valence-electron chi connectivity index (χ2n) is 5.48. The Labute approximate surface area is 126 Å². The number of hydrogen-bond acceptors (Lipinski definition) is 2. The third-order valence-corrected chi connectivity index (χ3v) is 3.24. The highest BCUT2D eigenvalue weighted by Crippen LogP contribution is 2.10. The summed E-state index contributed by atoms with van der Waals surface area (Å²) in [6.07, 6.45) is 15.7. The van der Waals surface area contributed by atoms with Crippen molar-refractivity contribution < 1.29 is 17.3 Å². The van der Waals surface area contributed by atoms with E-state index in [1.54, 1.807) is 0 Å². The molecule has 1 aliphatic heterocycles. The molecule has 1 aliphatic rings. The van der Waals surface area contributed by atoms with Gasteiger partial charge in [0.2, 0.25) is 0 Å². The molecule has 0 atom stereocenters. The van der Waals surface area contributed by atoms with Gasteiger partial charge < -0.3 is 27.1 Å². The summed E-state index contributed by atoms with van der Waals surface area (Å²) in [4.78, 5) is 4.63. The predicted molar refractivity (Wildman–Crippen MR) is 81.3 cm³/mol. The SMILES string of the molecule is CCCCCCCCCCN1C=CN(C)C1.F[B-](F)(F)F. The van der Waals surface area contributed by atoms with Crippen molar-refractivity contribution >= 4 is 7.25 Å². The van der Waals surface area contributed by atoms with Gasteiger partial charge in [0, 0.05) is 26.0 Å². The second-order valence-corrected chi connectivity index (χ2v) is 5.48. The van der Waals surface area contributed by atoms with Crippen LogP contribution in [0.4, 0.5) is 17.3 Å². The van der Waals surface area contributed by atoms with E-state index in [0.717, 1.165) is 6.67 Å². The van der Waals surface area contributed by atoms with Gasteiger partial charge >= 0.3 is 7.25 Å². The van der Waals surface area contributed by atoms with Crippen molar-refractivity contribution in [2.45, 2.75) is 58.3 Å². The first-order chi connectivity index (χ1) is 9.83. The van der Waals surface area contributed by atoms with Crippen molar-refractivity contribution in [3.63, 3.8) is 0 Å². The summed E-state index contributed by atoms with van der Waals surface area (Å²) in [6.45, 7) is 4.59. The lowest BCUT2D eigenvalue weighted by molar-refractivity contribution is 0.290. The van der Waals surface area contributed by atoms with Crippen LogP contribution in [-0.2, 0) is 0 Å². The maximum Gasteiger partial charge on any atom is 0.673 e. The van der Waals surface area contributed by atoms with Gasteiger partial charge in [-0.2, -0.15) is 0 Å². The number of hydrogen-bond donors (Lipinski definition) is 0. The second kappa shape index (κ2) is 11.7. The van der Waals surface area contributed by atoms with Gasteiger partial charge in [-0.15, -0.1) is 0 Å². The molecule has 0 saturated carbocycles. The van der Waals surface area contributed by atoms with E-state index in [1.807, 2.05) is 0 Å². The topological polar surface area (TPSA) is 6.48 Å². The quantitative estimate of drug-likeness (QED) is 0.332. The van der Waals surface area contributed by atoms with Gasteiger partial charge in [0.05, 0.1) is 6.67 Å². The van der Waals surface area contributed by atoms with Crippen LogP contribution < -0.4 is 0 Å². The lowest BCUT2D eigenvalue weighted by atomic mass is 10.1. The summed E-state index contributed by atoms with van der Waals surface area (Å²) < 4.78 is 39.0. The summed E-state index contributed by atoms with van der Waals surface area (Å²) in [5, 5.41) is 0. The Morgan fingerprint density at radius 3 is 1.76 bits per heavy atom. The summed E-state index contributed by atoms with van der Waals surface area (Å²) >= 11 is 0. The first-order valence-electron chi connectivity index (χ1n) is 7.83. The fraction of sp³-hybridized carbons (Fsp3) is 0.857. The lowest BCUT2D eigenvalue weighted by Crippen LogP contribution is -2.23. The summed E-state index contributed by atoms with van der Waals surface area (Å²) in [5.74, 6) is 0. The monoisotopic (exact) mass is 311 g/mol. The molecule has 21 heavy (non-hydrogen) atoms. The van der Waals surface area contributed by atoms with Crippen LogP contribution in [0.5, 0.6) is 0 Å². The van der Waals surface area contributed by atoms with Crippen LogP contribution in [0.1, 0.15) is 58.3 Å². The zero-order valence-electron chi connectivity index (χ0n) is 13.2. The maximum absolute atomic E-state index is 9.75. The third-order valence-electron chi connectivity index (χ3n) is 3.24. The summed E-state index contributed by atoms with van der Waals surface area (Å²) in [6, 6.07) is 0. The Balaban J connectivity index is 0.000000690. The van der Waals surface area contributed by atoms with Gasteiger partial charge in [-0.25, -0.2) is 0 Å². The molecule has 0 radical (unpaired) electrons. The Morgan fingerprint density at radius 2 is 1.33 bits per heavy atom. The largest absolute Gasteiger partial charge is 0.673 e. The highest BCUT2D eigenvalue weighted by atomic mass is 19.5. The van der Waals surface area contributed by atoms with Crippen molar-refractivity contribution in [3.8, 4) is 0 Å². The van der Waals surface area contributed by atoms with Gasteiger partial charge in [0.25, 0.3) is 0 Å². The molecule has 0 aliphatic carbocycles. The Bertz CT molecular complexity index is 266. The molecule has 0 N–H and O–H groups in total. The molecule has 0 amide bonds. The standard InChI is InChI=1S/C14H28N2.BF4/c1-3-4-5-6-7-8-9-10-11-16-13-12-15(2)14-16;2-1(3,4)5/h12-13H,3-11,14H2,1-2H3;/q;-1. The highest BCUT2D eigenvalue weighted by molar-refractivity contribution is 6.50. The van der Waals surface area contributed by atoms with Crippen molar-refractivity contribution in [1.29, 1.82) is 0 Å². The van der Waals surface area contributed by atoms with Crippen LogP contribution in [0.25, 0.3) is 0 Å². The zero-order valence-corrected chi connectivity index (χ0v) is 13.2. The van der Waals surface area contributed by atoms with E-state index in [-0.39, 0.29) is 0 Å². The molecule has 7 heteroatoms. The van der Waals surface area contributed by atoms with Crippen molar-refractivity contribution in [3.05, 3.63) is 12.4 Å². The molecular weight excluding hydrogens is 283 g/mol. The van der Waals surface area contributed by atoms with E-state index in [0.29, 0.717) is 0 Å². The molecule has 0 spiro atoms. The molecule has 0 aromatic heterocycles. The Kier molecular flexibility index (Phi) is 11.3. The molecule has 1 heterocycles. The predicted octanol–water partition coefficient (Wildman–Crippen LogP) is 5.10. The first kappa shape index (κ1) is 20.1. The van der Waals surface area contributed by atoms with E-state index in [9.17, 15) is 17.3 Å². The van der Waals surface area contributed by atoms with Crippen LogP contribution in [-0.4, -0.2) is 37.3 Å². The van der Waals surface area contributed by atoms with Crippen molar-refractivity contribution in [2.24, 2.45) is 0 Å². The summed E-state index contributed by atoms with van der Waals surface area (Å²) in [7, 11) is -3.87. The first-order valence-corrected chi connectivity index (χ1v) is 7.83. The molecule has 0 saturated heterocycles. The highest BCUT2D eigenvalue weighted by Gasteiger charge is 2.20. The number of unbranched alkanes of at least 4 members (excludes halogenated alkanes) is 7. The van der Waals surface area contributed by atoms with Crippen LogP contribution in [0.3, 0.4) is 0 Å². The van der Waals surface area contributed by atoms with E-state index in [4.69, 9.17) is 0 Å². The van der Waals surface area contributed by atoms with Gasteiger partial charge in [0.15, 0.2) is 0 Å². The van der Waals surface area contributed by atoms with Crippen LogP contribution in [0, 0.1) is 0 Å². The van der Waals surface area contributed by atoms with Crippen LogP contribution >= 0.6 is 0 Å². The van der Waals surface area contributed by atoms with Crippen molar-refractivity contribution in [2.75, 3.05) is 20.3 Å². The lowest BCUT2D eigenvalue weighted by Gasteiger charge is -2.17. The number of halogens is 4. The molecule has 0 bridgehead atoms. The molecule has 2 nitrogen and oxygen atoms in total. The molecule has 0 aromatic carbocycles. The van der Waals surface area contributed by atoms with Crippen molar-refractivity contribution in [1.82, 2.24) is 9.80 Å². The summed E-state index contributed by atoms with van der Waals surface area (Å²) in [5.41, 5.74) is 0. The minimum Gasteiger partial charge on any atom is -0.418 e. The number of rotatable bonds is 9. The Hall–Kier alpha value is -0.875. The van der Waals surface area contributed by atoms with E-state index < -0.39 is 7.25 Å². The normalized spacial score (nSPS) is 14.4. The van der Waals surface area contributed by atoms with E-state index in [2.05, 4.69) is 36.2 Å². The maximum atomic E-state index is 9.75. The minimum absolute atomic E-state index is 1.08. The molecule has 0 fully saturated rings. The average Bonchev–Trinajstić information content (AvgIpc) is 2.76. The molecular formula is C14H28BF4N2-. The molecule has 0 unspecified atom stereocenters. The van der Waals surface area contributed by atoms with Crippen LogP contribution in [0.15, 0.2) is 12.4 Å². The van der Waals surface area contributed by atoms with Crippen LogP contribution in [0.2, 0.25) is 0 Å². The molecule has 0 aromatic rings. The van der Waals surface area contributed by atoms with Gasteiger partial charge in [-0.3, -0.25) is 0 Å². The van der Waals surface area contributed by atoms with E-state index in [1.165, 1.54) is 57.9 Å². The smallest absolute Gasteiger partial charge is 0.418 e.